The van der Waals surface area contributed by atoms with Crippen molar-refractivity contribution in [1.29, 1.82) is 0 Å². The summed E-state index contributed by atoms with van der Waals surface area (Å²) in [6, 6.07) is 7.74. The molecule has 1 aromatic rings. The van der Waals surface area contributed by atoms with E-state index >= 15 is 0 Å². The normalized spacial score (nSPS) is 10.3. The van der Waals surface area contributed by atoms with E-state index in [1.54, 1.807) is 13.0 Å². The third-order valence-electron chi connectivity index (χ3n) is 2.40. The summed E-state index contributed by atoms with van der Waals surface area (Å²) in [5.74, 6) is -0.965. The van der Waals surface area contributed by atoms with Gasteiger partial charge < -0.3 is 9.47 Å². The fourth-order valence-electron chi connectivity index (χ4n) is 1.29. The zero-order chi connectivity index (χ0) is 15.0. The summed E-state index contributed by atoms with van der Waals surface area (Å²) in [6.07, 6.45) is 3.01. The second-order valence-electron chi connectivity index (χ2n) is 4.33. The summed E-state index contributed by atoms with van der Waals surface area (Å²) in [4.78, 5) is 22.4. The summed E-state index contributed by atoms with van der Waals surface area (Å²) in [6.45, 7) is 7.04. The number of carbonyl (C=O) groups is 2. The van der Waals surface area contributed by atoms with E-state index in [1.165, 1.54) is 6.08 Å². The highest BCUT2D eigenvalue weighted by Crippen LogP contribution is 2.05. The van der Waals surface area contributed by atoms with Crippen LogP contribution < -0.4 is 0 Å². The molecule has 0 bridgehead atoms. The van der Waals surface area contributed by atoms with Gasteiger partial charge in [0.15, 0.2) is 0 Å². The zero-order valence-electron chi connectivity index (χ0n) is 11.7. The molecule has 0 fully saturated rings. The number of esters is 2. The van der Waals surface area contributed by atoms with Crippen LogP contribution in [0, 0.1) is 6.92 Å². The van der Waals surface area contributed by atoms with Crippen LogP contribution in [-0.2, 0) is 19.1 Å². The van der Waals surface area contributed by atoms with Crippen LogP contribution in [0.3, 0.4) is 0 Å². The maximum absolute atomic E-state index is 11.4. The lowest BCUT2D eigenvalue weighted by atomic mass is 10.1. The van der Waals surface area contributed by atoms with Crippen molar-refractivity contribution < 1.29 is 19.1 Å². The van der Waals surface area contributed by atoms with Gasteiger partial charge in [0.05, 0.1) is 0 Å². The minimum absolute atomic E-state index is 0.0236. The van der Waals surface area contributed by atoms with Gasteiger partial charge in [0.1, 0.15) is 13.2 Å². The minimum atomic E-state index is -0.490. The fraction of sp³-hybridized carbons (Fsp3) is 0.250. The van der Waals surface area contributed by atoms with Gasteiger partial charge in [0, 0.05) is 11.6 Å². The summed E-state index contributed by atoms with van der Waals surface area (Å²) in [5.41, 5.74) is 2.39. The quantitative estimate of drug-likeness (QED) is 0.454. The van der Waals surface area contributed by atoms with Crippen molar-refractivity contribution >= 4 is 18.0 Å². The van der Waals surface area contributed by atoms with Gasteiger partial charge in [-0.3, -0.25) is 0 Å². The monoisotopic (exact) mass is 274 g/mol. The van der Waals surface area contributed by atoms with Crippen LogP contribution in [-0.4, -0.2) is 25.2 Å². The Morgan fingerprint density at radius 1 is 1.15 bits per heavy atom. The third kappa shape index (κ3) is 6.00. The number of rotatable bonds is 6. The predicted molar refractivity (Wildman–Crippen MR) is 76.9 cm³/mol. The topological polar surface area (TPSA) is 52.6 Å². The molecule has 0 aliphatic heterocycles. The molecule has 0 unspecified atom stereocenters. The van der Waals surface area contributed by atoms with E-state index in [2.05, 4.69) is 6.58 Å². The standard InChI is InChI=1S/C16H18O4/c1-12(2)16(18)20-11-10-19-15(17)9-8-14-6-4-13(3)5-7-14/h4-9H,1,10-11H2,2-3H3/b9-8+. The Morgan fingerprint density at radius 2 is 1.75 bits per heavy atom. The summed E-state index contributed by atoms with van der Waals surface area (Å²) in [5, 5.41) is 0. The van der Waals surface area contributed by atoms with E-state index in [1.807, 2.05) is 31.2 Å². The molecule has 0 spiro atoms. The molecular weight excluding hydrogens is 256 g/mol. The molecule has 106 valence electrons. The smallest absolute Gasteiger partial charge is 0.333 e. The molecule has 1 aromatic carbocycles. The maximum Gasteiger partial charge on any atom is 0.333 e. The van der Waals surface area contributed by atoms with Gasteiger partial charge in [0.25, 0.3) is 0 Å². The molecule has 0 aliphatic carbocycles. The van der Waals surface area contributed by atoms with Crippen molar-refractivity contribution in [2.45, 2.75) is 13.8 Å². The first kappa shape index (κ1) is 15.7. The third-order valence-corrected chi connectivity index (χ3v) is 2.40. The predicted octanol–water partition coefficient (Wildman–Crippen LogP) is 2.67. The van der Waals surface area contributed by atoms with Gasteiger partial charge in [-0.25, -0.2) is 9.59 Å². The summed E-state index contributed by atoms with van der Waals surface area (Å²) in [7, 11) is 0. The Labute approximate surface area is 118 Å². The molecule has 0 saturated carbocycles. The molecule has 0 aliphatic rings. The molecule has 0 N–H and O–H groups in total. The van der Waals surface area contributed by atoms with Gasteiger partial charge in [0.2, 0.25) is 0 Å². The highest BCUT2D eigenvalue weighted by Gasteiger charge is 2.03. The lowest BCUT2D eigenvalue weighted by Gasteiger charge is -2.04. The molecule has 4 nitrogen and oxygen atoms in total. The number of ether oxygens (including phenoxy) is 2. The van der Waals surface area contributed by atoms with Gasteiger partial charge in [-0.1, -0.05) is 36.4 Å². The van der Waals surface area contributed by atoms with Crippen LogP contribution >= 0.6 is 0 Å². The van der Waals surface area contributed by atoms with E-state index in [0.29, 0.717) is 5.57 Å². The molecule has 20 heavy (non-hydrogen) atoms. The highest BCUT2D eigenvalue weighted by atomic mass is 16.6. The van der Waals surface area contributed by atoms with Gasteiger partial charge in [-0.05, 0) is 25.5 Å². The van der Waals surface area contributed by atoms with Crippen LogP contribution in [0.1, 0.15) is 18.1 Å². The van der Waals surface area contributed by atoms with E-state index in [9.17, 15) is 9.59 Å². The van der Waals surface area contributed by atoms with Crippen LogP contribution in [0.5, 0.6) is 0 Å². The lowest BCUT2D eigenvalue weighted by molar-refractivity contribution is -0.146. The van der Waals surface area contributed by atoms with E-state index < -0.39 is 11.9 Å². The van der Waals surface area contributed by atoms with Crippen LogP contribution in [0.4, 0.5) is 0 Å². The van der Waals surface area contributed by atoms with Crippen molar-refractivity contribution in [3.05, 3.63) is 53.6 Å². The number of aryl methyl sites for hydroxylation is 1. The van der Waals surface area contributed by atoms with Crippen molar-refractivity contribution in [2.75, 3.05) is 13.2 Å². The molecule has 0 amide bonds. The first-order chi connectivity index (χ1) is 9.49. The van der Waals surface area contributed by atoms with Crippen molar-refractivity contribution in [3.8, 4) is 0 Å². The van der Waals surface area contributed by atoms with Gasteiger partial charge in [-0.2, -0.15) is 0 Å². The van der Waals surface area contributed by atoms with Crippen LogP contribution in [0.15, 0.2) is 42.5 Å². The lowest BCUT2D eigenvalue weighted by Crippen LogP contribution is -2.12. The Morgan fingerprint density at radius 3 is 2.35 bits per heavy atom. The fourth-order valence-corrected chi connectivity index (χ4v) is 1.29. The van der Waals surface area contributed by atoms with Crippen LogP contribution in [0.25, 0.3) is 6.08 Å². The first-order valence-electron chi connectivity index (χ1n) is 6.23. The first-order valence-corrected chi connectivity index (χ1v) is 6.23. The van der Waals surface area contributed by atoms with E-state index in [-0.39, 0.29) is 13.2 Å². The molecule has 0 atom stereocenters. The number of carbonyl (C=O) groups excluding carboxylic acids is 2. The average molecular weight is 274 g/mol. The molecule has 0 heterocycles. The van der Waals surface area contributed by atoms with Crippen molar-refractivity contribution in [3.63, 3.8) is 0 Å². The molecule has 0 radical (unpaired) electrons. The van der Waals surface area contributed by atoms with Gasteiger partial charge >= 0.3 is 11.9 Å². The molecule has 4 heteroatoms. The Balaban J connectivity index is 2.28. The van der Waals surface area contributed by atoms with E-state index in [0.717, 1.165) is 11.1 Å². The highest BCUT2D eigenvalue weighted by molar-refractivity contribution is 5.87. The number of hydrogen-bond donors (Lipinski definition) is 0. The van der Waals surface area contributed by atoms with Crippen molar-refractivity contribution in [1.82, 2.24) is 0 Å². The van der Waals surface area contributed by atoms with E-state index in [4.69, 9.17) is 9.47 Å². The molecule has 0 saturated heterocycles. The second-order valence-corrected chi connectivity index (χ2v) is 4.33. The number of hydrogen-bond acceptors (Lipinski definition) is 4. The summed E-state index contributed by atoms with van der Waals surface area (Å²) < 4.78 is 9.68. The summed E-state index contributed by atoms with van der Waals surface area (Å²) >= 11 is 0. The molecular formula is C16H18O4. The Hall–Kier alpha value is -2.36. The maximum atomic E-state index is 11.4. The van der Waals surface area contributed by atoms with Crippen molar-refractivity contribution in [2.24, 2.45) is 0 Å². The average Bonchev–Trinajstić information content (AvgIpc) is 2.42. The number of benzene rings is 1. The second kappa shape index (κ2) is 7.94. The SMILES string of the molecule is C=C(C)C(=O)OCCOC(=O)/C=C/c1ccc(C)cc1. The van der Waals surface area contributed by atoms with Gasteiger partial charge in [-0.15, -0.1) is 0 Å². The molecule has 0 aromatic heterocycles. The Kier molecular flexibility index (Phi) is 6.23. The zero-order valence-corrected chi connectivity index (χ0v) is 11.7. The largest absolute Gasteiger partial charge is 0.459 e. The Bertz CT molecular complexity index is 512. The molecule has 1 rings (SSSR count). The minimum Gasteiger partial charge on any atom is -0.459 e. The van der Waals surface area contributed by atoms with Crippen LogP contribution in [0.2, 0.25) is 0 Å².